The van der Waals surface area contributed by atoms with Crippen LogP contribution in [0.2, 0.25) is 0 Å². The molecule has 1 aromatic carbocycles. The zero-order valence-corrected chi connectivity index (χ0v) is 12.5. The van der Waals surface area contributed by atoms with Crippen molar-refractivity contribution < 1.29 is 9.53 Å². The molecule has 0 aliphatic rings. The Kier molecular flexibility index (Phi) is 4.87. The van der Waals surface area contributed by atoms with Gasteiger partial charge in [0, 0.05) is 19.2 Å². The summed E-state index contributed by atoms with van der Waals surface area (Å²) in [7, 11) is 1.62. The number of nitrogens with zero attached hydrogens (tertiary/aromatic N) is 2. The summed E-state index contributed by atoms with van der Waals surface area (Å²) in [5.74, 6) is 1.38. The first-order valence-electron chi connectivity index (χ1n) is 6.87. The molecule has 0 spiro atoms. The van der Waals surface area contributed by atoms with Crippen LogP contribution < -0.4 is 10.1 Å². The van der Waals surface area contributed by atoms with Gasteiger partial charge in [-0.25, -0.2) is 9.97 Å². The zero-order chi connectivity index (χ0) is 15.2. The molecule has 5 heteroatoms. The highest BCUT2D eigenvalue weighted by Crippen LogP contribution is 2.11. The Morgan fingerprint density at radius 1 is 1.29 bits per heavy atom. The summed E-state index contributed by atoms with van der Waals surface area (Å²) >= 11 is 0. The molecule has 0 aliphatic carbocycles. The summed E-state index contributed by atoms with van der Waals surface area (Å²) in [5.41, 5.74) is 2.22. The maximum Gasteiger partial charge on any atom is 0.254 e. The van der Waals surface area contributed by atoms with Crippen molar-refractivity contribution in [1.82, 2.24) is 15.3 Å². The van der Waals surface area contributed by atoms with Crippen LogP contribution in [0.4, 0.5) is 0 Å². The van der Waals surface area contributed by atoms with Gasteiger partial charge in [0.25, 0.3) is 5.91 Å². The minimum absolute atomic E-state index is 0.161. The Hall–Kier alpha value is -2.43. The molecule has 0 radical (unpaired) electrons. The van der Waals surface area contributed by atoms with Crippen molar-refractivity contribution in [3.8, 4) is 5.75 Å². The number of benzene rings is 1. The summed E-state index contributed by atoms with van der Waals surface area (Å²) in [5, 5.41) is 2.87. The van der Waals surface area contributed by atoms with Gasteiger partial charge in [0.05, 0.1) is 18.4 Å². The molecule has 0 bridgehead atoms. The van der Waals surface area contributed by atoms with Crippen LogP contribution in [0.1, 0.15) is 34.4 Å². The molecule has 0 saturated heterocycles. The van der Waals surface area contributed by atoms with E-state index in [4.69, 9.17) is 4.74 Å². The Labute approximate surface area is 124 Å². The fourth-order valence-corrected chi connectivity index (χ4v) is 1.93. The van der Waals surface area contributed by atoms with Gasteiger partial charge in [0.15, 0.2) is 0 Å². The number of nitrogens with one attached hydrogen (secondary N) is 1. The second-order valence-corrected chi connectivity index (χ2v) is 4.67. The van der Waals surface area contributed by atoms with E-state index in [2.05, 4.69) is 15.3 Å². The molecule has 1 N–H and O–H groups in total. The van der Waals surface area contributed by atoms with E-state index in [-0.39, 0.29) is 5.91 Å². The van der Waals surface area contributed by atoms with Crippen LogP contribution >= 0.6 is 0 Å². The van der Waals surface area contributed by atoms with Gasteiger partial charge < -0.3 is 10.1 Å². The van der Waals surface area contributed by atoms with E-state index in [0.717, 1.165) is 23.6 Å². The molecule has 110 valence electrons. The summed E-state index contributed by atoms with van der Waals surface area (Å²) < 4.78 is 5.10. The van der Waals surface area contributed by atoms with Crippen LogP contribution in [0.25, 0.3) is 0 Å². The number of amides is 1. The lowest BCUT2D eigenvalue weighted by Crippen LogP contribution is -2.24. The van der Waals surface area contributed by atoms with E-state index in [0.29, 0.717) is 17.8 Å². The van der Waals surface area contributed by atoms with Crippen molar-refractivity contribution in [2.24, 2.45) is 0 Å². The predicted molar refractivity (Wildman–Crippen MR) is 80.3 cm³/mol. The monoisotopic (exact) mass is 285 g/mol. The summed E-state index contributed by atoms with van der Waals surface area (Å²) in [4.78, 5) is 20.6. The molecule has 2 aromatic rings. The van der Waals surface area contributed by atoms with Crippen molar-refractivity contribution in [3.63, 3.8) is 0 Å². The van der Waals surface area contributed by atoms with Gasteiger partial charge >= 0.3 is 0 Å². The standard InChI is InChI=1S/C16H19N3O2/c1-4-15-17-10-14(11(2)19-15)16(20)18-9-12-5-7-13(21-3)8-6-12/h5-8,10H,4,9H2,1-3H3,(H,18,20). The molecule has 0 unspecified atom stereocenters. The van der Waals surface area contributed by atoms with Crippen LogP contribution in [-0.2, 0) is 13.0 Å². The number of aryl methyl sites for hydroxylation is 2. The largest absolute Gasteiger partial charge is 0.497 e. The third kappa shape index (κ3) is 3.78. The SMILES string of the molecule is CCc1ncc(C(=O)NCc2ccc(OC)cc2)c(C)n1. The molecule has 1 amide bonds. The highest BCUT2D eigenvalue weighted by Gasteiger charge is 2.11. The highest BCUT2D eigenvalue weighted by molar-refractivity contribution is 5.94. The highest BCUT2D eigenvalue weighted by atomic mass is 16.5. The lowest BCUT2D eigenvalue weighted by Gasteiger charge is -2.08. The molecular formula is C16H19N3O2. The van der Waals surface area contributed by atoms with Gasteiger partial charge in [-0.1, -0.05) is 19.1 Å². The quantitative estimate of drug-likeness (QED) is 0.915. The smallest absolute Gasteiger partial charge is 0.254 e. The lowest BCUT2D eigenvalue weighted by molar-refractivity contribution is 0.0949. The molecule has 1 heterocycles. The third-order valence-corrected chi connectivity index (χ3v) is 3.20. The van der Waals surface area contributed by atoms with E-state index in [1.165, 1.54) is 0 Å². The maximum atomic E-state index is 12.1. The lowest BCUT2D eigenvalue weighted by atomic mass is 10.2. The van der Waals surface area contributed by atoms with Crippen LogP contribution in [-0.4, -0.2) is 23.0 Å². The van der Waals surface area contributed by atoms with Crippen LogP contribution in [0, 0.1) is 6.92 Å². The topological polar surface area (TPSA) is 64.1 Å². The first-order chi connectivity index (χ1) is 10.1. The Morgan fingerprint density at radius 2 is 2.00 bits per heavy atom. The minimum atomic E-state index is -0.161. The molecular weight excluding hydrogens is 266 g/mol. The summed E-state index contributed by atoms with van der Waals surface area (Å²) in [6.07, 6.45) is 2.35. The van der Waals surface area contributed by atoms with E-state index in [1.54, 1.807) is 13.3 Å². The molecule has 0 saturated carbocycles. The van der Waals surface area contributed by atoms with Crippen molar-refractivity contribution in [1.29, 1.82) is 0 Å². The molecule has 0 fully saturated rings. The number of ether oxygens (including phenoxy) is 1. The van der Waals surface area contributed by atoms with Gasteiger partial charge in [0.2, 0.25) is 0 Å². The third-order valence-electron chi connectivity index (χ3n) is 3.20. The van der Waals surface area contributed by atoms with Crippen molar-refractivity contribution in [2.75, 3.05) is 7.11 Å². The van der Waals surface area contributed by atoms with Crippen LogP contribution in [0.5, 0.6) is 5.75 Å². The Balaban J connectivity index is 2.00. The molecule has 5 nitrogen and oxygen atoms in total. The fourth-order valence-electron chi connectivity index (χ4n) is 1.93. The van der Waals surface area contributed by atoms with Crippen LogP contribution in [0.15, 0.2) is 30.5 Å². The number of hydrogen-bond acceptors (Lipinski definition) is 4. The van der Waals surface area contributed by atoms with E-state index in [1.807, 2.05) is 38.1 Å². The number of rotatable bonds is 5. The second kappa shape index (κ2) is 6.83. The van der Waals surface area contributed by atoms with Gasteiger partial charge in [-0.2, -0.15) is 0 Å². The average Bonchev–Trinajstić information content (AvgIpc) is 2.52. The Bertz CT molecular complexity index is 624. The number of aromatic nitrogens is 2. The van der Waals surface area contributed by atoms with Crippen LogP contribution in [0.3, 0.4) is 0 Å². The fraction of sp³-hybridized carbons (Fsp3) is 0.312. The number of carbonyl (C=O) groups is 1. The summed E-state index contributed by atoms with van der Waals surface area (Å²) in [6, 6.07) is 7.57. The molecule has 1 aromatic heterocycles. The minimum Gasteiger partial charge on any atom is -0.497 e. The molecule has 2 rings (SSSR count). The second-order valence-electron chi connectivity index (χ2n) is 4.67. The van der Waals surface area contributed by atoms with Gasteiger partial charge in [0.1, 0.15) is 11.6 Å². The normalized spacial score (nSPS) is 10.2. The predicted octanol–water partition coefficient (Wildman–Crippen LogP) is 2.29. The first kappa shape index (κ1) is 15.0. The zero-order valence-electron chi connectivity index (χ0n) is 12.5. The van der Waals surface area contributed by atoms with Gasteiger partial charge in [-0.05, 0) is 24.6 Å². The van der Waals surface area contributed by atoms with Crippen molar-refractivity contribution in [3.05, 3.63) is 53.1 Å². The number of hydrogen-bond donors (Lipinski definition) is 1. The molecule has 0 atom stereocenters. The average molecular weight is 285 g/mol. The molecule has 0 aliphatic heterocycles. The van der Waals surface area contributed by atoms with Crippen molar-refractivity contribution in [2.45, 2.75) is 26.8 Å². The maximum absolute atomic E-state index is 12.1. The molecule has 21 heavy (non-hydrogen) atoms. The van der Waals surface area contributed by atoms with Crippen molar-refractivity contribution >= 4 is 5.91 Å². The number of carbonyl (C=O) groups excluding carboxylic acids is 1. The van der Waals surface area contributed by atoms with E-state index in [9.17, 15) is 4.79 Å². The van der Waals surface area contributed by atoms with Gasteiger partial charge in [-0.3, -0.25) is 4.79 Å². The Morgan fingerprint density at radius 3 is 2.57 bits per heavy atom. The van der Waals surface area contributed by atoms with Gasteiger partial charge in [-0.15, -0.1) is 0 Å². The first-order valence-corrected chi connectivity index (χ1v) is 6.87. The van der Waals surface area contributed by atoms with E-state index < -0.39 is 0 Å². The number of methoxy groups -OCH3 is 1. The van der Waals surface area contributed by atoms with E-state index >= 15 is 0 Å². The summed E-state index contributed by atoms with van der Waals surface area (Å²) in [6.45, 7) is 4.26.